The SMILES string of the molecule is CCCCn1c(CN[C@H](c2ccc(C)cc2)c2cccs2)nc2cc(S(N)(=O)=O)ccc21. The zero-order chi connectivity index (χ0) is 22.7. The Hall–Kier alpha value is -2.52. The van der Waals surface area contributed by atoms with Gasteiger partial charge in [-0.15, -0.1) is 11.3 Å². The Labute approximate surface area is 193 Å². The van der Waals surface area contributed by atoms with E-state index in [0.717, 1.165) is 30.7 Å². The Bertz CT molecular complexity index is 1290. The van der Waals surface area contributed by atoms with Crippen LogP contribution in [0.15, 0.2) is 64.9 Å². The number of unbranched alkanes of at least 4 members (excludes halogenated alkanes) is 1. The van der Waals surface area contributed by atoms with Gasteiger partial charge in [-0.25, -0.2) is 18.5 Å². The molecule has 2 aromatic heterocycles. The smallest absolute Gasteiger partial charge is 0.238 e. The van der Waals surface area contributed by atoms with Crippen LogP contribution in [0.4, 0.5) is 0 Å². The van der Waals surface area contributed by atoms with Crippen molar-refractivity contribution in [3.05, 3.63) is 81.8 Å². The highest BCUT2D eigenvalue weighted by Gasteiger charge is 2.18. The van der Waals surface area contributed by atoms with E-state index in [2.05, 4.69) is 65.5 Å². The average molecular weight is 469 g/mol. The van der Waals surface area contributed by atoms with Crippen molar-refractivity contribution < 1.29 is 8.42 Å². The van der Waals surface area contributed by atoms with Crippen molar-refractivity contribution in [2.24, 2.45) is 5.14 Å². The standard InChI is InChI=1S/C24H28N4O2S2/c1-3-4-13-28-21-12-11-19(32(25,29)30)15-20(21)27-23(28)16-26-24(22-6-5-14-31-22)18-9-7-17(2)8-10-18/h5-12,14-15,24,26H,3-4,13,16H2,1-2H3,(H2,25,29,30)/t24-/m1/s1. The number of aromatic nitrogens is 2. The van der Waals surface area contributed by atoms with E-state index in [0.29, 0.717) is 12.1 Å². The maximum absolute atomic E-state index is 11.8. The number of rotatable bonds is 9. The maximum atomic E-state index is 11.8. The lowest BCUT2D eigenvalue weighted by Gasteiger charge is -2.19. The minimum Gasteiger partial charge on any atom is -0.327 e. The molecule has 2 aromatic carbocycles. The zero-order valence-electron chi connectivity index (χ0n) is 18.3. The third kappa shape index (κ3) is 4.94. The van der Waals surface area contributed by atoms with Crippen LogP contribution < -0.4 is 10.5 Å². The van der Waals surface area contributed by atoms with Gasteiger partial charge in [0.15, 0.2) is 0 Å². The van der Waals surface area contributed by atoms with Crippen molar-refractivity contribution in [1.82, 2.24) is 14.9 Å². The first-order valence-electron chi connectivity index (χ1n) is 10.7. The van der Waals surface area contributed by atoms with Gasteiger partial charge in [0, 0.05) is 11.4 Å². The van der Waals surface area contributed by atoms with Crippen LogP contribution in [0, 0.1) is 6.92 Å². The van der Waals surface area contributed by atoms with Gasteiger partial charge in [0.25, 0.3) is 0 Å². The Morgan fingerprint density at radius 3 is 2.59 bits per heavy atom. The fourth-order valence-corrected chi connectivity index (χ4v) is 5.19. The van der Waals surface area contributed by atoms with Crippen molar-refractivity contribution >= 4 is 32.4 Å². The van der Waals surface area contributed by atoms with E-state index in [1.807, 2.05) is 0 Å². The molecule has 4 rings (SSSR count). The Morgan fingerprint density at radius 1 is 1.16 bits per heavy atom. The topological polar surface area (TPSA) is 90.0 Å². The van der Waals surface area contributed by atoms with Crippen molar-refractivity contribution in [3.63, 3.8) is 0 Å². The minimum absolute atomic E-state index is 0.0509. The summed E-state index contributed by atoms with van der Waals surface area (Å²) in [6, 6.07) is 17.7. The van der Waals surface area contributed by atoms with E-state index in [9.17, 15) is 8.42 Å². The van der Waals surface area contributed by atoms with Crippen molar-refractivity contribution in [3.8, 4) is 0 Å². The lowest BCUT2D eigenvalue weighted by atomic mass is 10.0. The molecule has 0 saturated heterocycles. The summed E-state index contributed by atoms with van der Waals surface area (Å²) in [4.78, 5) is 6.11. The average Bonchev–Trinajstić information content (AvgIpc) is 3.40. The summed E-state index contributed by atoms with van der Waals surface area (Å²) >= 11 is 1.72. The Balaban J connectivity index is 1.68. The number of aryl methyl sites for hydroxylation is 2. The molecule has 32 heavy (non-hydrogen) atoms. The number of imidazole rings is 1. The van der Waals surface area contributed by atoms with Gasteiger partial charge in [-0.2, -0.15) is 0 Å². The summed E-state index contributed by atoms with van der Waals surface area (Å²) in [5.74, 6) is 0.883. The molecule has 3 N–H and O–H groups in total. The lowest BCUT2D eigenvalue weighted by molar-refractivity contribution is 0.551. The number of nitrogens with zero attached hydrogens (tertiary/aromatic N) is 2. The van der Waals surface area contributed by atoms with Crippen LogP contribution in [0.3, 0.4) is 0 Å². The summed E-state index contributed by atoms with van der Waals surface area (Å²) in [5, 5.41) is 11.1. The molecule has 0 radical (unpaired) electrons. The predicted molar refractivity (Wildman–Crippen MR) is 130 cm³/mol. The third-order valence-corrected chi connectivity index (χ3v) is 7.41. The molecule has 0 amide bonds. The molecule has 0 unspecified atom stereocenters. The molecular formula is C24H28N4O2S2. The normalized spacial score (nSPS) is 13.0. The lowest BCUT2D eigenvalue weighted by Crippen LogP contribution is -2.23. The number of hydrogen-bond donors (Lipinski definition) is 2. The fourth-order valence-electron chi connectivity index (χ4n) is 3.83. The van der Waals surface area contributed by atoms with Gasteiger partial charge in [0.2, 0.25) is 10.0 Å². The van der Waals surface area contributed by atoms with E-state index in [1.54, 1.807) is 29.5 Å². The van der Waals surface area contributed by atoms with Gasteiger partial charge in [0.1, 0.15) is 5.82 Å². The largest absolute Gasteiger partial charge is 0.327 e. The first-order chi connectivity index (χ1) is 15.4. The first-order valence-corrected chi connectivity index (χ1v) is 13.1. The number of nitrogens with two attached hydrogens (primary N) is 1. The second-order valence-electron chi connectivity index (χ2n) is 7.97. The molecule has 4 aromatic rings. The third-order valence-electron chi connectivity index (χ3n) is 5.57. The Morgan fingerprint density at radius 2 is 1.94 bits per heavy atom. The molecule has 0 saturated carbocycles. The quantitative estimate of drug-likeness (QED) is 0.371. The molecular weight excluding hydrogens is 440 g/mol. The van der Waals surface area contributed by atoms with Crippen LogP contribution in [0.2, 0.25) is 0 Å². The van der Waals surface area contributed by atoms with E-state index < -0.39 is 10.0 Å². The molecule has 0 fully saturated rings. The number of fused-ring (bicyclic) bond motifs is 1. The number of hydrogen-bond acceptors (Lipinski definition) is 5. The minimum atomic E-state index is -3.77. The molecule has 0 aliphatic rings. The highest BCUT2D eigenvalue weighted by molar-refractivity contribution is 7.89. The van der Waals surface area contributed by atoms with Crippen LogP contribution in [0.1, 0.15) is 47.6 Å². The molecule has 0 bridgehead atoms. The van der Waals surface area contributed by atoms with Crippen molar-refractivity contribution in [1.29, 1.82) is 0 Å². The highest BCUT2D eigenvalue weighted by atomic mass is 32.2. The monoisotopic (exact) mass is 468 g/mol. The second-order valence-corrected chi connectivity index (χ2v) is 10.5. The van der Waals surface area contributed by atoms with E-state index in [1.165, 1.54) is 16.0 Å². The molecule has 1 atom stereocenters. The van der Waals surface area contributed by atoms with Gasteiger partial charge in [-0.05, 0) is 48.6 Å². The molecule has 2 heterocycles. The first kappa shape index (κ1) is 22.7. The van der Waals surface area contributed by atoms with Gasteiger partial charge in [-0.3, -0.25) is 5.32 Å². The van der Waals surface area contributed by atoms with Crippen LogP contribution in [-0.4, -0.2) is 18.0 Å². The number of thiophene rings is 1. The van der Waals surface area contributed by atoms with Gasteiger partial charge in [0.05, 0.1) is 28.5 Å². The Kier molecular flexibility index (Phi) is 6.76. The molecule has 8 heteroatoms. The molecule has 6 nitrogen and oxygen atoms in total. The second kappa shape index (κ2) is 9.54. The zero-order valence-corrected chi connectivity index (χ0v) is 19.9. The summed E-state index contributed by atoms with van der Waals surface area (Å²) in [6.45, 7) is 5.62. The van der Waals surface area contributed by atoms with Crippen molar-refractivity contribution in [2.75, 3.05) is 0 Å². The summed E-state index contributed by atoms with van der Waals surface area (Å²) in [5.41, 5.74) is 3.99. The van der Waals surface area contributed by atoms with E-state index >= 15 is 0 Å². The van der Waals surface area contributed by atoms with Crippen LogP contribution in [-0.2, 0) is 23.1 Å². The van der Waals surface area contributed by atoms with Crippen molar-refractivity contribution in [2.45, 2.75) is 50.7 Å². The van der Waals surface area contributed by atoms with Crippen LogP contribution in [0.25, 0.3) is 11.0 Å². The number of primary sulfonamides is 1. The maximum Gasteiger partial charge on any atom is 0.238 e. The fraction of sp³-hybridized carbons (Fsp3) is 0.292. The van der Waals surface area contributed by atoms with Crippen LogP contribution in [0.5, 0.6) is 0 Å². The van der Waals surface area contributed by atoms with Gasteiger partial charge in [-0.1, -0.05) is 49.2 Å². The number of nitrogens with one attached hydrogen (secondary N) is 1. The molecule has 168 valence electrons. The summed E-state index contributed by atoms with van der Waals surface area (Å²) in [6.07, 6.45) is 2.07. The van der Waals surface area contributed by atoms with Crippen LogP contribution >= 0.6 is 11.3 Å². The molecule has 0 spiro atoms. The van der Waals surface area contributed by atoms with E-state index in [-0.39, 0.29) is 10.9 Å². The number of benzene rings is 2. The predicted octanol–water partition coefficient (Wildman–Crippen LogP) is 4.73. The summed E-state index contributed by atoms with van der Waals surface area (Å²) in [7, 11) is -3.77. The summed E-state index contributed by atoms with van der Waals surface area (Å²) < 4.78 is 25.8. The van der Waals surface area contributed by atoms with E-state index in [4.69, 9.17) is 10.1 Å². The highest BCUT2D eigenvalue weighted by Crippen LogP contribution is 2.27. The van der Waals surface area contributed by atoms with Gasteiger partial charge < -0.3 is 4.57 Å². The molecule has 0 aliphatic heterocycles. The van der Waals surface area contributed by atoms with Gasteiger partial charge >= 0.3 is 0 Å². The molecule has 0 aliphatic carbocycles. The number of sulfonamides is 1.